The van der Waals surface area contributed by atoms with E-state index in [0.29, 0.717) is 0 Å². The summed E-state index contributed by atoms with van der Waals surface area (Å²) in [5.74, 6) is 0. The lowest BCUT2D eigenvalue weighted by Crippen LogP contribution is -2.13. The molecule has 1 aromatic heterocycles. The molecule has 0 saturated carbocycles. The Bertz CT molecular complexity index is 436. The molecule has 0 radical (unpaired) electrons. The Morgan fingerprint density at radius 3 is 2.69 bits per heavy atom. The summed E-state index contributed by atoms with van der Waals surface area (Å²) >= 11 is 1.67. The van der Waals surface area contributed by atoms with E-state index < -0.39 is 0 Å². The molecule has 2 rings (SSSR count). The van der Waals surface area contributed by atoms with Crippen molar-refractivity contribution in [1.82, 2.24) is 4.98 Å². The van der Waals surface area contributed by atoms with Crippen molar-refractivity contribution in [3.05, 3.63) is 52.0 Å². The van der Waals surface area contributed by atoms with E-state index in [9.17, 15) is 0 Å². The van der Waals surface area contributed by atoms with Gasteiger partial charge in [0.2, 0.25) is 0 Å². The summed E-state index contributed by atoms with van der Waals surface area (Å²) in [5, 5.41) is 3.14. The van der Waals surface area contributed by atoms with Crippen molar-refractivity contribution in [2.75, 3.05) is 0 Å². The van der Waals surface area contributed by atoms with Gasteiger partial charge in [-0.2, -0.15) is 0 Å². The quantitative estimate of drug-likeness (QED) is 0.880. The van der Waals surface area contributed by atoms with E-state index in [2.05, 4.69) is 29.4 Å². The third kappa shape index (κ3) is 2.68. The van der Waals surface area contributed by atoms with Crippen LogP contribution in [-0.2, 0) is 12.8 Å². The fourth-order valence-corrected chi connectivity index (χ4v) is 2.51. The molecule has 1 heterocycles. The third-order valence-corrected chi connectivity index (χ3v) is 3.57. The van der Waals surface area contributed by atoms with Crippen molar-refractivity contribution in [2.45, 2.75) is 25.8 Å². The van der Waals surface area contributed by atoms with Gasteiger partial charge >= 0.3 is 0 Å². The molecule has 0 bridgehead atoms. The van der Waals surface area contributed by atoms with Gasteiger partial charge in [-0.1, -0.05) is 37.3 Å². The van der Waals surface area contributed by atoms with Gasteiger partial charge < -0.3 is 5.73 Å². The lowest BCUT2D eigenvalue weighted by atomic mass is 10.1. The maximum atomic E-state index is 6.14. The van der Waals surface area contributed by atoms with Crippen LogP contribution >= 0.6 is 11.3 Å². The maximum Gasteiger partial charge on any atom is 0.110 e. The van der Waals surface area contributed by atoms with Gasteiger partial charge in [0.05, 0.1) is 11.7 Å². The molecule has 2 N–H and O–H groups in total. The van der Waals surface area contributed by atoms with Crippen LogP contribution in [0.2, 0.25) is 0 Å². The highest BCUT2D eigenvalue weighted by atomic mass is 32.1. The first-order valence-corrected chi connectivity index (χ1v) is 6.41. The first kappa shape index (κ1) is 11.3. The first-order valence-electron chi connectivity index (χ1n) is 5.53. The van der Waals surface area contributed by atoms with Crippen LogP contribution < -0.4 is 5.73 Å². The second-order valence-corrected chi connectivity index (χ2v) is 4.72. The average molecular weight is 232 g/mol. The normalized spacial score (nSPS) is 12.6. The summed E-state index contributed by atoms with van der Waals surface area (Å²) in [6, 6.07) is 10.3. The van der Waals surface area contributed by atoms with Gasteiger partial charge in [-0.15, -0.1) is 11.3 Å². The van der Waals surface area contributed by atoms with Gasteiger partial charge in [0, 0.05) is 5.38 Å². The Balaban J connectivity index is 2.05. The molecule has 1 atom stereocenters. The molecule has 3 heteroatoms. The molecular formula is C13H16N2S. The number of hydrogen-bond donors (Lipinski definition) is 1. The van der Waals surface area contributed by atoms with Crippen LogP contribution in [0.25, 0.3) is 0 Å². The standard InChI is InChI=1S/C13H16N2S/c1-2-11-9-16-13(15-11)12(14)8-10-6-4-3-5-7-10/h3-7,9,12H,2,8,14H2,1H3. The lowest BCUT2D eigenvalue weighted by Gasteiger charge is -2.07. The van der Waals surface area contributed by atoms with Crippen LogP contribution in [0.1, 0.15) is 29.2 Å². The number of thiazole rings is 1. The summed E-state index contributed by atoms with van der Waals surface area (Å²) in [5.41, 5.74) is 8.55. The molecule has 84 valence electrons. The minimum absolute atomic E-state index is 0.0210. The molecular weight excluding hydrogens is 216 g/mol. The van der Waals surface area contributed by atoms with Gasteiger partial charge in [-0.3, -0.25) is 0 Å². The van der Waals surface area contributed by atoms with Crippen LogP contribution in [0.5, 0.6) is 0 Å². The Labute approximate surface area is 100 Å². The van der Waals surface area contributed by atoms with Gasteiger partial charge in [0.1, 0.15) is 5.01 Å². The summed E-state index contributed by atoms with van der Waals surface area (Å²) < 4.78 is 0. The highest BCUT2D eigenvalue weighted by molar-refractivity contribution is 7.09. The predicted octanol–water partition coefficient (Wildman–Crippen LogP) is 2.95. The minimum atomic E-state index is 0.0210. The molecule has 0 saturated heterocycles. The van der Waals surface area contributed by atoms with Crippen LogP contribution in [0, 0.1) is 0 Å². The topological polar surface area (TPSA) is 38.9 Å². The third-order valence-electron chi connectivity index (χ3n) is 2.55. The Kier molecular flexibility index (Phi) is 3.70. The summed E-state index contributed by atoms with van der Waals surface area (Å²) in [4.78, 5) is 4.52. The van der Waals surface area contributed by atoms with E-state index in [1.54, 1.807) is 11.3 Å². The summed E-state index contributed by atoms with van der Waals surface area (Å²) in [6.07, 6.45) is 1.84. The molecule has 2 aromatic rings. The highest BCUT2D eigenvalue weighted by Gasteiger charge is 2.10. The van der Waals surface area contributed by atoms with E-state index in [0.717, 1.165) is 23.5 Å². The molecule has 0 aliphatic carbocycles. The number of aryl methyl sites for hydroxylation is 1. The predicted molar refractivity (Wildman–Crippen MR) is 68.6 cm³/mol. The molecule has 0 aliphatic heterocycles. The second-order valence-electron chi connectivity index (χ2n) is 3.83. The molecule has 0 aliphatic rings. The monoisotopic (exact) mass is 232 g/mol. The Hall–Kier alpha value is -1.19. The van der Waals surface area contributed by atoms with E-state index in [4.69, 9.17) is 5.73 Å². The van der Waals surface area contributed by atoms with E-state index in [-0.39, 0.29) is 6.04 Å². The van der Waals surface area contributed by atoms with Gasteiger partial charge in [-0.05, 0) is 18.4 Å². The fourth-order valence-electron chi connectivity index (χ4n) is 1.61. The minimum Gasteiger partial charge on any atom is -0.322 e. The van der Waals surface area contributed by atoms with Gasteiger partial charge in [0.25, 0.3) is 0 Å². The molecule has 2 nitrogen and oxygen atoms in total. The molecule has 0 amide bonds. The van der Waals surface area contributed by atoms with Crippen LogP contribution in [0.15, 0.2) is 35.7 Å². The number of nitrogens with two attached hydrogens (primary N) is 1. The number of hydrogen-bond acceptors (Lipinski definition) is 3. The zero-order valence-corrected chi connectivity index (χ0v) is 10.2. The van der Waals surface area contributed by atoms with Crippen molar-refractivity contribution < 1.29 is 0 Å². The SMILES string of the molecule is CCc1csc(C(N)Cc2ccccc2)n1. The molecule has 0 spiro atoms. The summed E-state index contributed by atoms with van der Waals surface area (Å²) in [6.45, 7) is 2.11. The lowest BCUT2D eigenvalue weighted by molar-refractivity contribution is 0.711. The number of nitrogens with zero attached hydrogens (tertiary/aromatic N) is 1. The molecule has 1 unspecified atom stereocenters. The van der Waals surface area contributed by atoms with E-state index >= 15 is 0 Å². The first-order chi connectivity index (χ1) is 7.79. The number of benzene rings is 1. The maximum absolute atomic E-state index is 6.14. The van der Waals surface area contributed by atoms with Crippen LogP contribution in [0.3, 0.4) is 0 Å². The van der Waals surface area contributed by atoms with Crippen molar-refractivity contribution >= 4 is 11.3 Å². The largest absolute Gasteiger partial charge is 0.322 e. The van der Waals surface area contributed by atoms with Gasteiger partial charge in [-0.25, -0.2) is 4.98 Å². The van der Waals surface area contributed by atoms with Crippen LogP contribution in [-0.4, -0.2) is 4.98 Å². The van der Waals surface area contributed by atoms with Crippen molar-refractivity contribution in [1.29, 1.82) is 0 Å². The smallest absolute Gasteiger partial charge is 0.110 e. The Morgan fingerprint density at radius 2 is 2.06 bits per heavy atom. The zero-order valence-electron chi connectivity index (χ0n) is 9.39. The number of rotatable bonds is 4. The van der Waals surface area contributed by atoms with Crippen LogP contribution in [0.4, 0.5) is 0 Å². The van der Waals surface area contributed by atoms with E-state index in [1.165, 1.54) is 5.56 Å². The van der Waals surface area contributed by atoms with Crippen molar-refractivity contribution in [2.24, 2.45) is 5.73 Å². The molecule has 0 fully saturated rings. The highest BCUT2D eigenvalue weighted by Crippen LogP contribution is 2.20. The van der Waals surface area contributed by atoms with Crippen molar-refractivity contribution in [3.63, 3.8) is 0 Å². The molecule has 16 heavy (non-hydrogen) atoms. The molecule has 1 aromatic carbocycles. The number of aromatic nitrogens is 1. The van der Waals surface area contributed by atoms with E-state index in [1.807, 2.05) is 18.2 Å². The fraction of sp³-hybridized carbons (Fsp3) is 0.308. The Morgan fingerprint density at radius 1 is 1.31 bits per heavy atom. The second kappa shape index (κ2) is 5.23. The average Bonchev–Trinajstić information content (AvgIpc) is 2.79. The van der Waals surface area contributed by atoms with Gasteiger partial charge in [0.15, 0.2) is 0 Å². The zero-order chi connectivity index (χ0) is 11.4. The van der Waals surface area contributed by atoms with Crippen molar-refractivity contribution in [3.8, 4) is 0 Å². The summed E-state index contributed by atoms with van der Waals surface area (Å²) in [7, 11) is 0.